The lowest BCUT2D eigenvalue weighted by molar-refractivity contribution is -0.138. The molecule has 5 nitrogen and oxygen atoms in total. The molecule has 1 aromatic rings. The van der Waals surface area contributed by atoms with Crippen LogP contribution in [0.2, 0.25) is 0 Å². The highest BCUT2D eigenvalue weighted by atomic mass is 16.5. The molecular formula is C18H25NO4. The highest BCUT2D eigenvalue weighted by Crippen LogP contribution is 2.36. The molecule has 2 aliphatic heterocycles. The minimum Gasteiger partial charge on any atom is -0.493 e. The van der Waals surface area contributed by atoms with Crippen LogP contribution in [0, 0.1) is 0 Å². The molecule has 3 rings (SSSR count). The number of rotatable bonds is 4. The SMILES string of the molecule is COCC1(O)CCN(C(=O)CC2CCOc3ccccc32)CC1. The van der Waals surface area contributed by atoms with E-state index in [1.807, 2.05) is 23.1 Å². The first-order valence-corrected chi connectivity index (χ1v) is 8.32. The first-order chi connectivity index (χ1) is 11.1. The molecule has 0 aliphatic carbocycles. The number of hydrogen-bond donors (Lipinski definition) is 1. The van der Waals surface area contributed by atoms with Gasteiger partial charge < -0.3 is 19.5 Å². The summed E-state index contributed by atoms with van der Waals surface area (Å²) in [6.45, 7) is 2.21. The van der Waals surface area contributed by atoms with Crippen molar-refractivity contribution in [3.05, 3.63) is 29.8 Å². The van der Waals surface area contributed by atoms with Gasteiger partial charge in [-0.2, -0.15) is 0 Å². The maximum atomic E-state index is 12.6. The number of likely N-dealkylation sites (tertiary alicyclic amines) is 1. The zero-order chi connectivity index (χ0) is 16.3. The minimum absolute atomic E-state index is 0.172. The summed E-state index contributed by atoms with van der Waals surface area (Å²) >= 11 is 0. The van der Waals surface area contributed by atoms with Crippen LogP contribution in [0.1, 0.15) is 37.2 Å². The largest absolute Gasteiger partial charge is 0.493 e. The van der Waals surface area contributed by atoms with Gasteiger partial charge in [-0.15, -0.1) is 0 Å². The van der Waals surface area contributed by atoms with E-state index in [0.717, 1.165) is 17.7 Å². The van der Waals surface area contributed by atoms with E-state index in [1.54, 1.807) is 7.11 Å². The third-order valence-corrected chi connectivity index (χ3v) is 4.96. The normalized spacial score (nSPS) is 23.0. The van der Waals surface area contributed by atoms with Gasteiger partial charge in [-0.1, -0.05) is 18.2 Å². The molecule has 1 amide bonds. The Kier molecular flexibility index (Phi) is 4.87. The number of benzene rings is 1. The van der Waals surface area contributed by atoms with Crippen molar-refractivity contribution < 1.29 is 19.4 Å². The van der Waals surface area contributed by atoms with Crippen LogP contribution in [0.3, 0.4) is 0 Å². The predicted molar refractivity (Wildman–Crippen MR) is 86.6 cm³/mol. The van der Waals surface area contributed by atoms with Crippen molar-refractivity contribution in [1.29, 1.82) is 0 Å². The Labute approximate surface area is 137 Å². The second-order valence-corrected chi connectivity index (χ2v) is 6.61. The first-order valence-electron chi connectivity index (χ1n) is 8.32. The quantitative estimate of drug-likeness (QED) is 0.921. The Morgan fingerprint density at radius 2 is 2.13 bits per heavy atom. The molecule has 1 saturated heterocycles. The number of nitrogens with zero attached hydrogens (tertiary/aromatic N) is 1. The Morgan fingerprint density at radius 3 is 2.87 bits per heavy atom. The molecule has 2 heterocycles. The fourth-order valence-electron chi connectivity index (χ4n) is 3.55. The maximum Gasteiger partial charge on any atom is 0.223 e. The molecule has 0 aromatic heterocycles. The van der Waals surface area contributed by atoms with Crippen molar-refractivity contribution in [2.75, 3.05) is 33.4 Å². The summed E-state index contributed by atoms with van der Waals surface area (Å²) in [4.78, 5) is 14.5. The number of methoxy groups -OCH3 is 1. The van der Waals surface area contributed by atoms with Crippen LogP contribution in [0.5, 0.6) is 5.75 Å². The summed E-state index contributed by atoms with van der Waals surface area (Å²) in [5, 5.41) is 10.3. The van der Waals surface area contributed by atoms with Crippen molar-refractivity contribution in [2.45, 2.75) is 37.2 Å². The number of para-hydroxylation sites is 1. The molecule has 0 spiro atoms. The molecule has 23 heavy (non-hydrogen) atoms. The number of ether oxygens (including phenoxy) is 2. The number of carbonyl (C=O) groups excluding carboxylic acids is 1. The molecule has 1 fully saturated rings. The lowest BCUT2D eigenvalue weighted by Gasteiger charge is -2.38. The zero-order valence-electron chi connectivity index (χ0n) is 13.7. The Morgan fingerprint density at radius 1 is 1.39 bits per heavy atom. The first kappa shape index (κ1) is 16.3. The van der Waals surface area contributed by atoms with Gasteiger partial charge in [0.05, 0.1) is 18.8 Å². The summed E-state index contributed by atoms with van der Waals surface area (Å²) in [6, 6.07) is 7.98. The zero-order valence-corrected chi connectivity index (χ0v) is 13.7. The fraction of sp³-hybridized carbons (Fsp3) is 0.611. The van der Waals surface area contributed by atoms with Crippen molar-refractivity contribution in [3.63, 3.8) is 0 Å². The number of hydrogen-bond acceptors (Lipinski definition) is 4. The molecule has 5 heteroatoms. The van der Waals surface area contributed by atoms with Gasteiger partial charge in [0, 0.05) is 26.6 Å². The average Bonchev–Trinajstić information content (AvgIpc) is 2.56. The van der Waals surface area contributed by atoms with Gasteiger partial charge in [0.2, 0.25) is 5.91 Å². The van der Waals surface area contributed by atoms with E-state index >= 15 is 0 Å². The van der Waals surface area contributed by atoms with Crippen LogP contribution in [-0.4, -0.2) is 54.9 Å². The lowest BCUT2D eigenvalue weighted by Crippen LogP contribution is -2.49. The van der Waals surface area contributed by atoms with E-state index in [-0.39, 0.29) is 11.8 Å². The summed E-state index contributed by atoms with van der Waals surface area (Å²) in [6.07, 6.45) is 2.56. The molecule has 1 N–H and O–H groups in total. The summed E-state index contributed by atoms with van der Waals surface area (Å²) in [5.74, 6) is 1.31. The van der Waals surface area contributed by atoms with Gasteiger partial charge in [0.15, 0.2) is 0 Å². The number of fused-ring (bicyclic) bond motifs is 1. The van der Waals surface area contributed by atoms with Crippen molar-refractivity contribution in [3.8, 4) is 5.75 Å². The molecule has 1 aromatic carbocycles. The van der Waals surface area contributed by atoms with E-state index in [1.165, 1.54) is 0 Å². The molecule has 0 saturated carbocycles. The van der Waals surface area contributed by atoms with Crippen LogP contribution in [0.25, 0.3) is 0 Å². The predicted octanol–water partition coefficient (Wildman–Crippen LogP) is 1.94. The van der Waals surface area contributed by atoms with Crippen LogP contribution in [0.4, 0.5) is 0 Å². The Hall–Kier alpha value is -1.59. The Bertz CT molecular complexity index is 552. The highest BCUT2D eigenvalue weighted by molar-refractivity contribution is 5.77. The Balaban J connectivity index is 1.59. The number of amides is 1. The minimum atomic E-state index is -0.781. The summed E-state index contributed by atoms with van der Waals surface area (Å²) < 4.78 is 10.7. The van der Waals surface area contributed by atoms with Crippen LogP contribution >= 0.6 is 0 Å². The third-order valence-electron chi connectivity index (χ3n) is 4.96. The van der Waals surface area contributed by atoms with Crippen LogP contribution in [0.15, 0.2) is 24.3 Å². The van der Waals surface area contributed by atoms with Crippen LogP contribution < -0.4 is 4.74 Å². The second-order valence-electron chi connectivity index (χ2n) is 6.61. The standard InChI is InChI=1S/C18H25NO4/c1-22-13-18(21)7-9-19(10-8-18)17(20)12-14-6-11-23-16-5-3-2-4-15(14)16/h2-5,14,21H,6-13H2,1H3. The van der Waals surface area contributed by atoms with E-state index in [9.17, 15) is 9.90 Å². The second kappa shape index (κ2) is 6.89. The molecule has 0 bridgehead atoms. The molecule has 126 valence electrons. The summed E-state index contributed by atoms with van der Waals surface area (Å²) in [7, 11) is 1.60. The fourth-order valence-corrected chi connectivity index (χ4v) is 3.55. The molecule has 1 unspecified atom stereocenters. The maximum absolute atomic E-state index is 12.6. The number of carbonyl (C=O) groups is 1. The van der Waals surface area contributed by atoms with Crippen molar-refractivity contribution >= 4 is 5.91 Å². The van der Waals surface area contributed by atoms with E-state index in [0.29, 0.717) is 45.6 Å². The number of piperidine rings is 1. The number of aliphatic hydroxyl groups is 1. The third kappa shape index (κ3) is 3.67. The van der Waals surface area contributed by atoms with Gasteiger partial charge in [0.25, 0.3) is 0 Å². The monoisotopic (exact) mass is 319 g/mol. The van der Waals surface area contributed by atoms with Gasteiger partial charge >= 0.3 is 0 Å². The van der Waals surface area contributed by atoms with Gasteiger partial charge in [-0.3, -0.25) is 4.79 Å². The van der Waals surface area contributed by atoms with Crippen molar-refractivity contribution in [2.24, 2.45) is 0 Å². The van der Waals surface area contributed by atoms with E-state index in [2.05, 4.69) is 6.07 Å². The molecule has 1 atom stereocenters. The molecule has 0 radical (unpaired) electrons. The average molecular weight is 319 g/mol. The topological polar surface area (TPSA) is 59.0 Å². The van der Waals surface area contributed by atoms with Crippen molar-refractivity contribution in [1.82, 2.24) is 4.90 Å². The van der Waals surface area contributed by atoms with Gasteiger partial charge in [-0.25, -0.2) is 0 Å². The van der Waals surface area contributed by atoms with E-state index < -0.39 is 5.60 Å². The highest BCUT2D eigenvalue weighted by Gasteiger charge is 2.34. The summed E-state index contributed by atoms with van der Waals surface area (Å²) in [5.41, 5.74) is 0.358. The molecular weight excluding hydrogens is 294 g/mol. The lowest BCUT2D eigenvalue weighted by atomic mass is 9.88. The van der Waals surface area contributed by atoms with E-state index in [4.69, 9.17) is 9.47 Å². The molecule has 2 aliphatic rings. The smallest absolute Gasteiger partial charge is 0.223 e. The van der Waals surface area contributed by atoms with Gasteiger partial charge in [0.1, 0.15) is 5.75 Å². The van der Waals surface area contributed by atoms with Gasteiger partial charge in [-0.05, 0) is 36.8 Å². The van der Waals surface area contributed by atoms with Crippen LogP contribution in [-0.2, 0) is 9.53 Å².